The van der Waals surface area contributed by atoms with Gasteiger partial charge < -0.3 is 0 Å². The summed E-state index contributed by atoms with van der Waals surface area (Å²) in [6.07, 6.45) is 1.06. The SMILES string of the molecule is CC(C)(C)C#CC(OS(C)(=O)=O)(c1ccccc1)C(C)(C)C. The van der Waals surface area contributed by atoms with Crippen LogP contribution in [0.4, 0.5) is 0 Å². The van der Waals surface area contributed by atoms with E-state index in [0.717, 1.165) is 11.8 Å². The lowest BCUT2D eigenvalue weighted by Crippen LogP contribution is -2.43. The smallest absolute Gasteiger partial charge is 0.245 e. The Labute approximate surface area is 135 Å². The van der Waals surface area contributed by atoms with Gasteiger partial charge in [-0.1, -0.05) is 62.9 Å². The van der Waals surface area contributed by atoms with Gasteiger partial charge in [0.05, 0.1) is 6.26 Å². The van der Waals surface area contributed by atoms with Crippen LogP contribution in [-0.2, 0) is 19.9 Å². The molecule has 3 nitrogen and oxygen atoms in total. The first-order chi connectivity index (χ1) is 9.77. The summed E-state index contributed by atoms with van der Waals surface area (Å²) in [5.41, 5.74) is -1.28. The van der Waals surface area contributed by atoms with Crippen LogP contribution in [0.5, 0.6) is 0 Å². The number of hydrogen-bond donors (Lipinski definition) is 0. The number of benzene rings is 1. The Kier molecular flexibility index (Phi) is 5.16. The first-order valence-corrected chi connectivity index (χ1v) is 9.09. The molecule has 0 aliphatic carbocycles. The minimum absolute atomic E-state index is 0.258. The van der Waals surface area contributed by atoms with E-state index in [1.54, 1.807) is 0 Å². The van der Waals surface area contributed by atoms with Crippen molar-refractivity contribution in [3.05, 3.63) is 35.9 Å². The van der Waals surface area contributed by atoms with Crippen LogP contribution >= 0.6 is 0 Å². The number of rotatable bonds is 3. The monoisotopic (exact) mass is 322 g/mol. The average molecular weight is 322 g/mol. The van der Waals surface area contributed by atoms with Crippen LogP contribution in [0.2, 0.25) is 0 Å². The summed E-state index contributed by atoms with van der Waals surface area (Å²) in [5, 5.41) is 0. The van der Waals surface area contributed by atoms with Crippen LogP contribution in [0, 0.1) is 22.7 Å². The van der Waals surface area contributed by atoms with Crippen molar-refractivity contribution >= 4 is 10.1 Å². The van der Waals surface area contributed by atoms with Gasteiger partial charge in [-0.15, -0.1) is 0 Å². The molecule has 0 amide bonds. The molecule has 0 bridgehead atoms. The van der Waals surface area contributed by atoms with Gasteiger partial charge in [0.15, 0.2) is 5.60 Å². The van der Waals surface area contributed by atoms with Crippen molar-refractivity contribution < 1.29 is 12.6 Å². The molecule has 1 rings (SSSR count). The van der Waals surface area contributed by atoms with E-state index in [-0.39, 0.29) is 5.41 Å². The molecule has 122 valence electrons. The quantitative estimate of drug-likeness (QED) is 0.625. The van der Waals surface area contributed by atoms with Gasteiger partial charge >= 0.3 is 0 Å². The van der Waals surface area contributed by atoms with Crippen molar-refractivity contribution in [1.82, 2.24) is 0 Å². The van der Waals surface area contributed by atoms with Crippen LogP contribution in [0.25, 0.3) is 0 Å². The average Bonchev–Trinajstić information content (AvgIpc) is 2.31. The van der Waals surface area contributed by atoms with Gasteiger partial charge in [0.25, 0.3) is 10.1 Å². The van der Waals surface area contributed by atoms with Crippen LogP contribution in [0.1, 0.15) is 47.1 Å². The van der Waals surface area contributed by atoms with Gasteiger partial charge in [-0.2, -0.15) is 8.42 Å². The Balaban J connectivity index is 3.68. The van der Waals surface area contributed by atoms with E-state index in [1.165, 1.54) is 0 Å². The summed E-state index contributed by atoms with van der Waals surface area (Å²) in [6, 6.07) is 9.32. The van der Waals surface area contributed by atoms with Gasteiger partial charge in [-0.05, 0) is 26.3 Å². The molecule has 4 heteroatoms. The Hall–Kier alpha value is -1.31. The predicted octanol–water partition coefficient (Wildman–Crippen LogP) is 3.95. The largest absolute Gasteiger partial charge is 0.266 e. The highest BCUT2D eigenvalue weighted by molar-refractivity contribution is 7.86. The second-order valence-corrected chi connectivity index (χ2v) is 9.16. The van der Waals surface area contributed by atoms with Gasteiger partial charge in [0, 0.05) is 10.8 Å². The molecule has 0 heterocycles. The molecule has 1 aromatic carbocycles. The van der Waals surface area contributed by atoms with E-state index in [4.69, 9.17) is 4.18 Å². The summed E-state index contributed by atoms with van der Waals surface area (Å²) in [4.78, 5) is 0. The molecular formula is C18H26O3S. The summed E-state index contributed by atoms with van der Waals surface area (Å²) in [5.74, 6) is 6.29. The van der Waals surface area contributed by atoms with E-state index in [9.17, 15) is 8.42 Å². The summed E-state index contributed by atoms with van der Waals surface area (Å²) in [7, 11) is -3.68. The fourth-order valence-electron chi connectivity index (χ4n) is 2.06. The molecule has 1 unspecified atom stereocenters. The van der Waals surface area contributed by atoms with E-state index in [2.05, 4.69) is 11.8 Å². The van der Waals surface area contributed by atoms with E-state index in [1.807, 2.05) is 71.9 Å². The molecule has 0 spiro atoms. The normalized spacial score (nSPS) is 15.6. The van der Waals surface area contributed by atoms with Crippen LogP contribution in [-0.4, -0.2) is 14.7 Å². The summed E-state index contributed by atoms with van der Waals surface area (Å²) in [6.45, 7) is 11.8. The lowest BCUT2D eigenvalue weighted by Gasteiger charge is -2.40. The third-order valence-electron chi connectivity index (χ3n) is 3.13. The van der Waals surface area contributed by atoms with Gasteiger partial charge in [-0.3, -0.25) is 0 Å². The Morgan fingerprint density at radius 2 is 1.41 bits per heavy atom. The highest BCUT2D eigenvalue weighted by atomic mass is 32.2. The molecule has 0 saturated heterocycles. The van der Waals surface area contributed by atoms with Gasteiger partial charge in [0.2, 0.25) is 0 Å². The van der Waals surface area contributed by atoms with Crippen LogP contribution < -0.4 is 0 Å². The van der Waals surface area contributed by atoms with Crippen molar-refractivity contribution in [3.63, 3.8) is 0 Å². The molecule has 0 aromatic heterocycles. The van der Waals surface area contributed by atoms with Crippen molar-refractivity contribution in [1.29, 1.82) is 0 Å². The first kappa shape index (κ1) is 18.7. The Morgan fingerprint density at radius 1 is 0.909 bits per heavy atom. The molecule has 0 aliphatic heterocycles. The highest BCUT2D eigenvalue weighted by Gasteiger charge is 2.46. The van der Waals surface area contributed by atoms with Crippen molar-refractivity contribution in [3.8, 4) is 11.8 Å². The zero-order chi connectivity index (χ0) is 17.2. The summed E-state index contributed by atoms with van der Waals surface area (Å²) < 4.78 is 29.4. The minimum Gasteiger partial charge on any atom is -0.245 e. The van der Waals surface area contributed by atoms with E-state index in [0.29, 0.717) is 0 Å². The second-order valence-electron chi connectivity index (χ2n) is 7.58. The Bertz CT molecular complexity index is 665. The standard InChI is InChI=1S/C18H26O3S/c1-16(2,3)13-14-18(17(4,5)6,21-22(7,19)20)15-11-9-8-10-12-15/h8-12H,1-7H3. The third-order valence-corrected chi connectivity index (χ3v) is 3.68. The fraction of sp³-hybridized carbons (Fsp3) is 0.556. The van der Waals surface area contributed by atoms with E-state index >= 15 is 0 Å². The Morgan fingerprint density at radius 3 is 1.77 bits per heavy atom. The maximum absolute atomic E-state index is 11.9. The molecule has 0 N–H and O–H groups in total. The predicted molar refractivity (Wildman–Crippen MR) is 90.7 cm³/mol. The van der Waals surface area contributed by atoms with Crippen molar-refractivity contribution in [2.75, 3.05) is 6.26 Å². The minimum atomic E-state index is -3.68. The zero-order valence-electron chi connectivity index (χ0n) is 14.5. The molecule has 1 atom stereocenters. The molecular weight excluding hydrogens is 296 g/mol. The molecule has 22 heavy (non-hydrogen) atoms. The van der Waals surface area contributed by atoms with Crippen LogP contribution in [0.15, 0.2) is 30.3 Å². The fourth-order valence-corrected chi connectivity index (χ4v) is 2.90. The van der Waals surface area contributed by atoms with E-state index < -0.39 is 21.1 Å². The lowest BCUT2D eigenvalue weighted by molar-refractivity contribution is 0.0232. The molecule has 0 aliphatic rings. The molecule has 0 fully saturated rings. The summed E-state index contributed by atoms with van der Waals surface area (Å²) >= 11 is 0. The van der Waals surface area contributed by atoms with Gasteiger partial charge in [-0.25, -0.2) is 4.18 Å². The maximum atomic E-state index is 11.9. The first-order valence-electron chi connectivity index (χ1n) is 7.27. The zero-order valence-corrected chi connectivity index (χ0v) is 15.3. The highest BCUT2D eigenvalue weighted by Crippen LogP contribution is 2.43. The van der Waals surface area contributed by atoms with Crippen molar-refractivity contribution in [2.24, 2.45) is 10.8 Å². The second kappa shape index (κ2) is 6.06. The lowest BCUT2D eigenvalue weighted by atomic mass is 9.72. The maximum Gasteiger partial charge on any atom is 0.266 e. The number of hydrogen-bond acceptors (Lipinski definition) is 3. The molecule has 0 saturated carbocycles. The molecule has 0 radical (unpaired) electrons. The molecule has 1 aromatic rings. The third kappa shape index (κ3) is 4.86. The van der Waals surface area contributed by atoms with Gasteiger partial charge in [0.1, 0.15) is 0 Å². The van der Waals surface area contributed by atoms with Crippen molar-refractivity contribution in [2.45, 2.75) is 47.1 Å². The topological polar surface area (TPSA) is 43.4 Å². The van der Waals surface area contributed by atoms with Crippen LogP contribution in [0.3, 0.4) is 0 Å².